The highest BCUT2D eigenvalue weighted by atomic mass is 32.2. The zero-order chi connectivity index (χ0) is 22.0. The second-order valence-electron chi connectivity index (χ2n) is 7.62. The van der Waals surface area contributed by atoms with Crippen LogP contribution < -0.4 is 10.1 Å². The fraction of sp³-hybridized carbons (Fsp3) is 0.435. The number of rotatable bonds is 11. The van der Waals surface area contributed by atoms with Gasteiger partial charge in [0.25, 0.3) is 0 Å². The molecule has 3 aromatic rings. The first-order valence-electron chi connectivity index (χ1n) is 11.0. The maximum absolute atomic E-state index is 5.58. The minimum atomic E-state index is 0.805. The van der Waals surface area contributed by atoms with Crippen LogP contribution in [0, 0.1) is 0 Å². The van der Waals surface area contributed by atoms with Crippen LogP contribution in [0.3, 0.4) is 0 Å². The molecule has 0 spiro atoms. The Balaban J connectivity index is 1.21. The topological polar surface area (TPSA) is 77.3 Å². The summed E-state index contributed by atoms with van der Waals surface area (Å²) in [5, 5.41) is 16.4. The number of thioether (sulfide) groups is 1. The number of nitrogens with zero attached hydrogens (tertiary/aromatic N) is 5. The molecule has 2 aromatic carbocycles. The Morgan fingerprint density at radius 3 is 2.78 bits per heavy atom. The van der Waals surface area contributed by atoms with Crippen molar-refractivity contribution < 1.29 is 9.47 Å². The van der Waals surface area contributed by atoms with Crippen LogP contribution in [0.1, 0.15) is 17.5 Å². The van der Waals surface area contributed by atoms with E-state index in [0.717, 1.165) is 74.7 Å². The van der Waals surface area contributed by atoms with Gasteiger partial charge in [0.05, 0.1) is 26.0 Å². The second-order valence-corrected chi connectivity index (χ2v) is 8.68. The Bertz CT molecular complexity index is 962. The van der Waals surface area contributed by atoms with Crippen molar-refractivity contribution in [2.45, 2.75) is 24.7 Å². The van der Waals surface area contributed by atoms with Crippen molar-refractivity contribution in [3.8, 4) is 11.4 Å². The lowest BCUT2D eigenvalue weighted by atomic mass is 10.1. The van der Waals surface area contributed by atoms with Crippen LogP contribution >= 0.6 is 11.8 Å². The molecule has 8 nitrogen and oxygen atoms in total. The summed E-state index contributed by atoms with van der Waals surface area (Å²) < 4.78 is 12.8. The first-order chi connectivity index (χ1) is 15.8. The molecule has 4 rings (SSSR count). The highest BCUT2D eigenvalue weighted by molar-refractivity contribution is 7.99. The largest absolute Gasteiger partial charge is 0.496 e. The Morgan fingerprint density at radius 1 is 1.12 bits per heavy atom. The van der Waals surface area contributed by atoms with Crippen molar-refractivity contribution in [3.05, 3.63) is 59.7 Å². The minimum Gasteiger partial charge on any atom is -0.496 e. The number of benzene rings is 2. The third-order valence-electron chi connectivity index (χ3n) is 5.34. The van der Waals surface area contributed by atoms with Crippen molar-refractivity contribution in [1.82, 2.24) is 30.4 Å². The van der Waals surface area contributed by atoms with E-state index in [0.29, 0.717) is 0 Å². The zero-order valence-electron chi connectivity index (χ0n) is 18.4. The van der Waals surface area contributed by atoms with Crippen LogP contribution in [0.25, 0.3) is 5.69 Å². The number of nitrogens with one attached hydrogen (secondary N) is 1. The van der Waals surface area contributed by atoms with E-state index in [1.54, 1.807) is 23.6 Å². The summed E-state index contributed by atoms with van der Waals surface area (Å²) >= 11 is 1.68. The summed E-state index contributed by atoms with van der Waals surface area (Å²) in [7, 11) is 1.74. The number of methoxy groups -OCH3 is 1. The molecule has 0 atom stereocenters. The molecule has 1 N–H and O–H groups in total. The van der Waals surface area contributed by atoms with Crippen LogP contribution in [0.5, 0.6) is 5.75 Å². The Kier molecular flexibility index (Phi) is 8.49. The van der Waals surface area contributed by atoms with Crippen LogP contribution in [0.2, 0.25) is 0 Å². The summed E-state index contributed by atoms with van der Waals surface area (Å²) in [4.78, 5) is 2.42. The molecule has 9 heteroatoms. The lowest BCUT2D eigenvalue weighted by molar-refractivity contribution is 0.0339. The maximum Gasteiger partial charge on any atom is 0.214 e. The van der Waals surface area contributed by atoms with Gasteiger partial charge in [-0.1, -0.05) is 36.0 Å². The molecular weight excluding hydrogens is 424 g/mol. The number of hydrogen-bond acceptors (Lipinski definition) is 8. The molecule has 32 heavy (non-hydrogen) atoms. The molecule has 170 valence electrons. The average molecular weight is 455 g/mol. The van der Waals surface area contributed by atoms with E-state index >= 15 is 0 Å². The van der Waals surface area contributed by atoms with Crippen molar-refractivity contribution in [3.63, 3.8) is 0 Å². The molecule has 0 unspecified atom stereocenters. The molecule has 1 fully saturated rings. The monoisotopic (exact) mass is 454 g/mol. The van der Waals surface area contributed by atoms with Gasteiger partial charge in [-0.15, -0.1) is 5.10 Å². The second kappa shape index (κ2) is 12.0. The van der Waals surface area contributed by atoms with Gasteiger partial charge in [0.2, 0.25) is 5.16 Å². The normalized spacial score (nSPS) is 14.5. The van der Waals surface area contributed by atoms with Crippen molar-refractivity contribution in [2.75, 3.05) is 45.7 Å². The summed E-state index contributed by atoms with van der Waals surface area (Å²) in [6, 6.07) is 16.4. The SMILES string of the molecule is COc1ccc(CNCCCSc2nnnn2-c2ccccc2)cc1CN1CCOCC1. The number of hydrogen-bond donors (Lipinski definition) is 1. The van der Waals surface area contributed by atoms with E-state index in [9.17, 15) is 0 Å². The van der Waals surface area contributed by atoms with Crippen molar-refractivity contribution in [1.29, 1.82) is 0 Å². The van der Waals surface area contributed by atoms with Gasteiger partial charge < -0.3 is 14.8 Å². The average Bonchev–Trinajstić information content (AvgIpc) is 3.31. The molecule has 0 amide bonds. The fourth-order valence-electron chi connectivity index (χ4n) is 3.66. The van der Waals surface area contributed by atoms with Gasteiger partial charge in [-0.05, 0) is 53.2 Å². The van der Waals surface area contributed by atoms with E-state index < -0.39 is 0 Å². The Labute approximate surface area is 193 Å². The van der Waals surface area contributed by atoms with Crippen molar-refractivity contribution in [2.24, 2.45) is 0 Å². The molecule has 1 aliphatic rings. The van der Waals surface area contributed by atoms with Crippen LogP contribution in [0.15, 0.2) is 53.7 Å². The highest BCUT2D eigenvalue weighted by Gasteiger charge is 2.14. The zero-order valence-corrected chi connectivity index (χ0v) is 19.3. The van der Waals surface area contributed by atoms with E-state index in [4.69, 9.17) is 9.47 Å². The molecule has 2 heterocycles. The standard InChI is InChI=1S/C23H30N6O2S/c1-30-22-9-8-19(16-20(22)18-28-11-13-31-14-12-28)17-24-10-5-15-32-23-25-26-27-29(23)21-6-3-2-4-7-21/h2-4,6-9,16,24H,5,10-15,17-18H2,1H3. The van der Waals surface area contributed by atoms with Gasteiger partial charge in [-0.3, -0.25) is 4.90 Å². The van der Waals surface area contributed by atoms with Gasteiger partial charge in [-0.25, -0.2) is 0 Å². The molecule has 1 aliphatic heterocycles. The van der Waals surface area contributed by atoms with Gasteiger partial charge >= 0.3 is 0 Å². The fourth-order valence-corrected chi connectivity index (χ4v) is 4.49. The smallest absolute Gasteiger partial charge is 0.214 e. The predicted octanol–water partition coefficient (Wildman–Crippen LogP) is 2.78. The molecule has 0 aliphatic carbocycles. The van der Waals surface area contributed by atoms with E-state index in [-0.39, 0.29) is 0 Å². The molecule has 0 bridgehead atoms. The lowest BCUT2D eigenvalue weighted by Gasteiger charge is -2.27. The third-order valence-corrected chi connectivity index (χ3v) is 6.35. The van der Waals surface area contributed by atoms with Gasteiger partial charge in [0.15, 0.2) is 0 Å². The maximum atomic E-state index is 5.58. The third kappa shape index (κ3) is 6.29. The summed E-state index contributed by atoms with van der Waals surface area (Å²) in [5.74, 6) is 1.90. The Hall–Kier alpha value is -2.46. The molecule has 1 saturated heterocycles. The lowest BCUT2D eigenvalue weighted by Crippen LogP contribution is -2.35. The van der Waals surface area contributed by atoms with Crippen molar-refractivity contribution >= 4 is 11.8 Å². The number of tetrazole rings is 1. The first-order valence-corrected chi connectivity index (χ1v) is 12.0. The number of aromatic nitrogens is 4. The number of ether oxygens (including phenoxy) is 2. The van der Waals surface area contributed by atoms with Crippen LogP contribution in [-0.2, 0) is 17.8 Å². The number of para-hydroxylation sites is 1. The van der Waals surface area contributed by atoms with Gasteiger partial charge in [0, 0.05) is 37.5 Å². The molecular formula is C23H30N6O2S. The minimum absolute atomic E-state index is 0.805. The molecule has 0 radical (unpaired) electrons. The molecule has 1 aromatic heterocycles. The van der Waals surface area contributed by atoms with Gasteiger partial charge in [0.1, 0.15) is 5.75 Å². The van der Waals surface area contributed by atoms with Crippen LogP contribution in [-0.4, -0.2) is 70.8 Å². The van der Waals surface area contributed by atoms with E-state index in [2.05, 4.69) is 43.9 Å². The number of morpholine rings is 1. The van der Waals surface area contributed by atoms with Crippen LogP contribution in [0.4, 0.5) is 0 Å². The van der Waals surface area contributed by atoms with Gasteiger partial charge in [-0.2, -0.15) is 4.68 Å². The van der Waals surface area contributed by atoms with E-state index in [1.807, 2.05) is 30.3 Å². The summed E-state index contributed by atoms with van der Waals surface area (Å²) in [6.07, 6.45) is 1.03. The first kappa shape index (κ1) is 22.7. The predicted molar refractivity (Wildman–Crippen MR) is 125 cm³/mol. The summed E-state index contributed by atoms with van der Waals surface area (Å²) in [6.45, 7) is 6.22. The Morgan fingerprint density at radius 2 is 1.97 bits per heavy atom. The quantitative estimate of drug-likeness (QED) is 0.350. The highest BCUT2D eigenvalue weighted by Crippen LogP contribution is 2.22. The summed E-state index contributed by atoms with van der Waals surface area (Å²) in [5.41, 5.74) is 3.48. The molecule has 0 saturated carbocycles. The van der Waals surface area contributed by atoms with E-state index in [1.165, 1.54) is 11.1 Å².